The molecule has 1 aliphatic carbocycles. The van der Waals surface area contributed by atoms with Crippen molar-refractivity contribution in [1.29, 1.82) is 0 Å². The van der Waals surface area contributed by atoms with Crippen LogP contribution in [0.15, 0.2) is 5.16 Å². The lowest BCUT2D eigenvalue weighted by molar-refractivity contribution is 0.593. The van der Waals surface area contributed by atoms with E-state index >= 15 is 0 Å². The van der Waals surface area contributed by atoms with E-state index < -0.39 is 9.84 Å². The first-order valence-corrected chi connectivity index (χ1v) is 5.23. The number of fused-ring (bicyclic) bond motifs is 1. The number of nitrogens with zero attached hydrogens (tertiary/aromatic N) is 2. The van der Waals surface area contributed by atoms with Crippen LogP contribution in [0.2, 0.25) is 0 Å². The molecular formula is C6H7N3O2S. The smallest absolute Gasteiger partial charge is 0.248 e. The zero-order valence-corrected chi connectivity index (χ0v) is 7.22. The molecule has 0 radical (unpaired) electrons. The zero-order chi connectivity index (χ0) is 8.93. The van der Waals surface area contributed by atoms with Gasteiger partial charge in [0.1, 0.15) is 5.82 Å². The topological polar surface area (TPSA) is 85.9 Å². The summed E-state index contributed by atoms with van der Waals surface area (Å²) in [4.78, 5) is 7.49. The van der Waals surface area contributed by atoms with Crippen molar-refractivity contribution in [1.82, 2.24) is 9.97 Å². The van der Waals surface area contributed by atoms with E-state index in [0.717, 1.165) is 17.5 Å². The maximum Gasteiger partial charge on any atom is 0.248 e. The first-order valence-electron chi connectivity index (χ1n) is 3.34. The van der Waals surface area contributed by atoms with E-state index in [4.69, 9.17) is 5.73 Å². The van der Waals surface area contributed by atoms with Gasteiger partial charge in [0.15, 0.2) is 0 Å². The molecule has 12 heavy (non-hydrogen) atoms. The van der Waals surface area contributed by atoms with Crippen molar-refractivity contribution in [3.8, 4) is 0 Å². The van der Waals surface area contributed by atoms with Gasteiger partial charge in [-0.2, -0.15) is 0 Å². The van der Waals surface area contributed by atoms with Gasteiger partial charge in [0, 0.05) is 18.2 Å². The van der Waals surface area contributed by atoms with Crippen molar-refractivity contribution in [2.75, 3.05) is 12.0 Å². The molecule has 0 aromatic carbocycles. The summed E-state index contributed by atoms with van der Waals surface area (Å²) in [7, 11) is -3.32. The van der Waals surface area contributed by atoms with Crippen molar-refractivity contribution in [2.45, 2.75) is 11.6 Å². The second kappa shape index (κ2) is 1.95. The molecule has 1 aromatic rings. The van der Waals surface area contributed by atoms with E-state index in [1.807, 2.05) is 0 Å². The predicted molar refractivity (Wildman–Crippen MR) is 42.4 cm³/mol. The van der Waals surface area contributed by atoms with Gasteiger partial charge in [0.25, 0.3) is 0 Å². The van der Waals surface area contributed by atoms with Crippen LogP contribution in [0.1, 0.15) is 11.3 Å². The van der Waals surface area contributed by atoms with Crippen LogP contribution in [0, 0.1) is 0 Å². The normalized spacial score (nSPS) is 14.1. The molecule has 0 amide bonds. The first kappa shape index (κ1) is 7.48. The van der Waals surface area contributed by atoms with Crippen LogP contribution in [0.25, 0.3) is 0 Å². The molecule has 1 aliphatic rings. The highest BCUT2D eigenvalue weighted by atomic mass is 32.2. The number of aromatic nitrogens is 2. The molecule has 0 fully saturated rings. The molecule has 5 nitrogen and oxygen atoms in total. The van der Waals surface area contributed by atoms with Gasteiger partial charge >= 0.3 is 0 Å². The second-order valence-electron chi connectivity index (χ2n) is 2.77. The molecule has 0 saturated heterocycles. The summed E-state index contributed by atoms with van der Waals surface area (Å²) >= 11 is 0. The Labute approximate surface area is 69.6 Å². The number of hydrogen-bond donors (Lipinski definition) is 1. The van der Waals surface area contributed by atoms with Gasteiger partial charge in [0.05, 0.1) is 5.69 Å². The fourth-order valence-electron chi connectivity index (χ4n) is 0.945. The molecule has 0 unspecified atom stereocenters. The lowest BCUT2D eigenvalue weighted by Gasteiger charge is -1.94. The lowest BCUT2D eigenvalue weighted by Crippen LogP contribution is -2.05. The summed E-state index contributed by atoms with van der Waals surface area (Å²) in [5.41, 5.74) is 7.08. The molecule has 1 aromatic heterocycles. The number of hydrogen-bond acceptors (Lipinski definition) is 5. The van der Waals surface area contributed by atoms with Crippen molar-refractivity contribution in [3.63, 3.8) is 0 Å². The molecule has 0 bridgehead atoms. The molecule has 0 saturated carbocycles. The van der Waals surface area contributed by atoms with Crippen LogP contribution in [-0.2, 0) is 16.3 Å². The summed E-state index contributed by atoms with van der Waals surface area (Å²) in [6.45, 7) is 0. The minimum atomic E-state index is -3.32. The Bertz CT molecular complexity index is 452. The number of rotatable bonds is 1. The first-order chi connectivity index (χ1) is 5.48. The van der Waals surface area contributed by atoms with E-state index in [2.05, 4.69) is 9.97 Å². The maximum atomic E-state index is 11.0. The van der Waals surface area contributed by atoms with E-state index in [1.54, 1.807) is 0 Å². The number of anilines is 1. The zero-order valence-electron chi connectivity index (χ0n) is 6.40. The predicted octanol–water partition coefficient (Wildman–Crippen LogP) is -0.633. The van der Waals surface area contributed by atoms with Gasteiger partial charge in [0.2, 0.25) is 15.0 Å². The summed E-state index contributed by atoms with van der Waals surface area (Å²) in [5, 5.41) is -0.170. The van der Waals surface area contributed by atoms with Gasteiger partial charge < -0.3 is 5.73 Å². The van der Waals surface area contributed by atoms with Gasteiger partial charge in [-0.05, 0) is 0 Å². The Morgan fingerprint density at radius 3 is 2.58 bits per heavy atom. The summed E-state index contributed by atoms with van der Waals surface area (Å²) in [6.07, 6.45) is 1.74. The highest BCUT2D eigenvalue weighted by Crippen LogP contribution is 2.30. The van der Waals surface area contributed by atoms with Crippen LogP contribution in [0.4, 0.5) is 5.82 Å². The average molecular weight is 185 g/mol. The van der Waals surface area contributed by atoms with E-state index in [0.29, 0.717) is 12.2 Å². The summed E-state index contributed by atoms with van der Waals surface area (Å²) < 4.78 is 22.0. The lowest BCUT2D eigenvalue weighted by atomic mass is 10.6. The quantitative estimate of drug-likeness (QED) is 0.597. The Kier molecular flexibility index (Phi) is 1.21. The van der Waals surface area contributed by atoms with Gasteiger partial charge in [-0.3, -0.25) is 0 Å². The third-order valence-electron chi connectivity index (χ3n) is 1.66. The third-order valence-corrected chi connectivity index (χ3v) is 2.50. The van der Waals surface area contributed by atoms with Crippen LogP contribution in [-0.4, -0.2) is 24.6 Å². The maximum absolute atomic E-state index is 11.0. The monoisotopic (exact) mass is 185 g/mol. The molecule has 6 heteroatoms. The molecule has 64 valence electrons. The third kappa shape index (κ3) is 1.04. The van der Waals surface area contributed by atoms with Crippen molar-refractivity contribution >= 4 is 15.7 Å². The molecule has 1 heterocycles. The standard InChI is InChI=1S/C6H7N3O2S/c1-12(10,11)6-8-4-2-3(4)5(7)9-6/h2H2,1H3,(H2,7,8,9). The van der Waals surface area contributed by atoms with E-state index in [-0.39, 0.29) is 5.16 Å². The highest BCUT2D eigenvalue weighted by molar-refractivity contribution is 7.90. The minimum Gasteiger partial charge on any atom is -0.383 e. The number of nitrogen functional groups attached to an aromatic ring is 1. The number of sulfone groups is 1. The van der Waals surface area contributed by atoms with E-state index in [1.165, 1.54) is 0 Å². The average Bonchev–Trinajstić information content (AvgIpc) is 2.63. The molecule has 0 atom stereocenters. The molecule has 0 spiro atoms. The highest BCUT2D eigenvalue weighted by Gasteiger charge is 2.27. The summed E-state index contributed by atoms with van der Waals surface area (Å²) in [6, 6.07) is 0. The Hall–Kier alpha value is -1.17. The fourth-order valence-corrected chi connectivity index (χ4v) is 1.49. The van der Waals surface area contributed by atoms with Crippen molar-refractivity contribution in [2.24, 2.45) is 0 Å². The second-order valence-corrected chi connectivity index (χ2v) is 4.68. The Morgan fingerprint density at radius 2 is 2.08 bits per heavy atom. The largest absolute Gasteiger partial charge is 0.383 e. The Balaban J connectivity index is 2.64. The van der Waals surface area contributed by atoms with Gasteiger partial charge in [-0.1, -0.05) is 0 Å². The summed E-state index contributed by atoms with van der Waals surface area (Å²) in [5.74, 6) is 0.292. The molecule has 0 aliphatic heterocycles. The van der Waals surface area contributed by atoms with Crippen molar-refractivity contribution in [3.05, 3.63) is 11.3 Å². The minimum absolute atomic E-state index is 0.170. The van der Waals surface area contributed by atoms with Gasteiger partial charge in [-0.15, -0.1) is 0 Å². The fraction of sp³-hybridized carbons (Fsp3) is 0.333. The Morgan fingerprint density at radius 1 is 1.42 bits per heavy atom. The van der Waals surface area contributed by atoms with Gasteiger partial charge in [-0.25, -0.2) is 18.4 Å². The number of nitrogens with two attached hydrogens (primary N) is 1. The molecule has 2 rings (SSSR count). The van der Waals surface area contributed by atoms with Crippen LogP contribution in [0.3, 0.4) is 0 Å². The molecular weight excluding hydrogens is 178 g/mol. The van der Waals surface area contributed by atoms with Crippen molar-refractivity contribution < 1.29 is 8.42 Å². The molecule has 2 N–H and O–H groups in total. The van der Waals surface area contributed by atoms with E-state index in [9.17, 15) is 8.42 Å². The van der Waals surface area contributed by atoms with Crippen LogP contribution in [0.5, 0.6) is 0 Å². The van der Waals surface area contributed by atoms with Crippen LogP contribution >= 0.6 is 0 Å². The van der Waals surface area contributed by atoms with Crippen LogP contribution < -0.4 is 5.73 Å². The SMILES string of the molecule is CS(=O)(=O)c1nc(N)c2c(n1)C2.